The summed E-state index contributed by atoms with van der Waals surface area (Å²) in [7, 11) is 1.40. The Morgan fingerprint density at radius 3 is 2.48 bits per heavy atom. The van der Waals surface area contributed by atoms with Gasteiger partial charge in [-0.2, -0.15) is 0 Å². The molecule has 9 heteroatoms. The van der Waals surface area contributed by atoms with Crippen LogP contribution in [0.15, 0.2) is 36.4 Å². The van der Waals surface area contributed by atoms with E-state index in [0.29, 0.717) is 11.3 Å². The number of amidine groups is 1. The number of carbonyl (C=O) groups excluding carboxylic acids is 1. The Labute approximate surface area is 148 Å². The average Bonchev–Trinajstić information content (AvgIpc) is 2.55. The minimum absolute atomic E-state index is 0.0751. The number of phenolic OH excluding ortho intramolecular Hbond substituents is 1. The van der Waals surface area contributed by atoms with Crippen molar-refractivity contribution in [3.8, 4) is 11.5 Å². The van der Waals surface area contributed by atoms with Crippen LogP contribution in [-0.4, -0.2) is 35.5 Å². The van der Waals surface area contributed by atoms with Crippen molar-refractivity contribution in [2.45, 2.75) is 0 Å². The summed E-state index contributed by atoms with van der Waals surface area (Å²) in [4.78, 5) is 20.6. The van der Waals surface area contributed by atoms with E-state index in [1.165, 1.54) is 25.3 Å². The highest BCUT2D eigenvalue weighted by atomic mass is 35.5. The van der Waals surface area contributed by atoms with E-state index in [9.17, 15) is 9.90 Å². The number of hydrogen-bond donors (Lipinski definition) is 5. The Balaban J connectivity index is 0.000000970. The smallest absolute Gasteiger partial charge is 0.290 e. The zero-order chi connectivity index (χ0) is 19.0. The van der Waals surface area contributed by atoms with Gasteiger partial charge < -0.3 is 26.0 Å². The summed E-state index contributed by atoms with van der Waals surface area (Å²) in [5, 5.41) is 27.1. The molecule has 25 heavy (non-hydrogen) atoms. The molecule has 2 rings (SSSR count). The van der Waals surface area contributed by atoms with Crippen LogP contribution in [0, 0.1) is 5.41 Å². The first-order chi connectivity index (χ1) is 11.8. The van der Waals surface area contributed by atoms with Gasteiger partial charge in [0.05, 0.1) is 17.7 Å². The third-order valence-corrected chi connectivity index (χ3v) is 3.29. The third kappa shape index (κ3) is 5.11. The summed E-state index contributed by atoms with van der Waals surface area (Å²) in [6.45, 7) is -0.250. The molecule has 0 spiro atoms. The maximum absolute atomic E-state index is 12.2. The largest absolute Gasteiger partial charge is 0.504 e. The van der Waals surface area contributed by atoms with E-state index in [1.807, 2.05) is 0 Å². The number of nitrogens with one attached hydrogen (secondary N) is 2. The molecule has 0 aliphatic carbocycles. The molecule has 1 amide bonds. The number of phenols is 1. The Morgan fingerprint density at radius 2 is 1.96 bits per heavy atom. The van der Waals surface area contributed by atoms with Crippen LogP contribution >= 0.6 is 11.6 Å². The molecule has 0 saturated carbocycles. The van der Waals surface area contributed by atoms with Crippen molar-refractivity contribution in [2.24, 2.45) is 5.73 Å². The molecule has 0 heterocycles. The Hall–Kier alpha value is -3.26. The molecule has 0 radical (unpaired) electrons. The van der Waals surface area contributed by atoms with Crippen molar-refractivity contribution in [3.63, 3.8) is 0 Å². The summed E-state index contributed by atoms with van der Waals surface area (Å²) in [6.07, 6.45) is 0. The lowest BCUT2D eigenvalue weighted by Gasteiger charge is -2.10. The molecule has 0 aromatic heterocycles. The fourth-order valence-corrected chi connectivity index (χ4v) is 2.16. The van der Waals surface area contributed by atoms with E-state index in [0.717, 1.165) is 0 Å². The molecule has 2 aromatic rings. The SMILES string of the molecule is COc1cccc(C(=O)Nc2ccc(C(=N)N)c(Cl)c2)c1O.O=CO. The lowest BCUT2D eigenvalue weighted by Crippen LogP contribution is -2.14. The summed E-state index contributed by atoms with van der Waals surface area (Å²) >= 11 is 5.99. The van der Waals surface area contributed by atoms with E-state index in [4.69, 9.17) is 37.4 Å². The number of anilines is 1. The van der Waals surface area contributed by atoms with Gasteiger partial charge in [0, 0.05) is 11.3 Å². The van der Waals surface area contributed by atoms with Crippen LogP contribution in [0.25, 0.3) is 0 Å². The molecular weight excluding hydrogens is 350 g/mol. The first-order valence-corrected chi connectivity index (χ1v) is 7.12. The van der Waals surface area contributed by atoms with Crippen molar-refractivity contribution >= 4 is 35.5 Å². The second kappa shape index (κ2) is 9.14. The predicted octanol–water partition coefficient (Wildman–Crippen LogP) is 2.29. The topological polar surface area (TPSA) is 146 Å². The summed E-state index contributed by atoms with van der Waals surface area (Å²) in [5.41, 5.74) is 6.25. The number of halogens is 1. The molecule has 0 aliphatic heterocycles. The maximum Gasteiger partial charge on any atom is 0.290 e. The molecule has 0 unspecified atom stereocenters. The van der Waals surface area contributed by atoms with Gasteiger partial charge >= 0.3 is 0 Å². The number of ether oxygens (including phenoxy) is 1. The molecule has 0 fully saturated rings. The minimum atomic E-state index is -0.511. The third-order valence-electron chi connectivity index (χ3n) is 2.98. The maximum atomic E-state index is 12.2. The van der Waals surface area contributed by atoms with Crippen molar-refractivity contribution in [1.29, 1.82) is 5.41 Å². The molecule has 132 valence electrons. The van der Waals surface area contributed by atoms with Crippen LogP contribution in [0.4, 0.5) is 5.69 Å². The van der Waals surface area contributed by atoms with Gasteiger partial charge in [0.1, 0.15) is 5.84 Å². The van der Waals surface area contributed by atoms with Crippen LogP contribution in [0.2, 0.25) is 5.02 Å². The lowest BCUT2D eigenvalue weighted by molar-refractivity contribution is -0.122. The fourth-order valence-electron chi connectivity index (χ4n) is 1.88. The molecular formula is C16H16ClN3O5. The van der Waals surface area contributed by atoms with Crippen LogP contribution in [-0.2, 0) is 4.79 Å². The number of carbonyl (C=O) groups is 2. The first kappa shape index (κ1) is 19.8. The molecule has 8 nitrogen and oxygen atoms in total. The van der Waals surface area contributed by atoms with Crippen molar-refractivity contribution < 1.29 is 24.5 Å². The zero-order valence-electron chi connectivity index (χ0n) is 13.1. The van der Waals surface area contributed by atoms with Crippen molar-refractivity contribution in [3.05, 3.63) is 52.5 Å². The highest BCUT2D eigenvalue weighted by Crippen LogP contribution is 2.30. The molecule has 0 saturated heterocycles. The summed E-state index contributed by atoms with van der Waals surface area (Å²) in [6, 6.07) is 9.19. The van der Waals surface area contributed by atoms with E-state index in [-0.39, 0.29) is 34.4 Å². The zero-order valence-corrected chi connectivity index (χ0v) is 13.9. The number of nitrogen functional groups attached to an aromatic ring is 1. The van der Waals surface area contributed by atoms with E-state index >= 15 is 0 Å². The van der Waals surface area contributed by atoms with Gasteiger partial charge in [-0.1, -0.05) is 17.7 Å². The highest BCUT2D eigenvalue weighted by molar-refractivity contribution is 6.34. The van der Waals surface area contributed by atoms with E-state index in [1.54, 1.807) is 18.2 Å². The number of amides is 1. The molecule has 0 aliphatic rings. The first-order valence-electron chi connectivity index (χ1n) is 6.74. The van der Waals surface area contributed by atoms with Gasteiger partial charge in [-0.05, 0) is 30.3 Å². The summed E-state index contributed by atoms with van der Waals surface area (Å²) in [5.74, 6) is -0.706. The monoisotopic (exact) mass is 365 g/mol. The number of carboxylic acid groups (broad SMARTS) is 1. The van der Waals surface area contributed by atoms with Gasteiger partial charge in [-0.25, -0.2) is 0 Å². The van der Waals surface area contributed by atoms with Crippen LogP contribution in [0.1, 0.15) is 15.9 Å². The quantitative estimate of drug-likeness (QED) is 0.319. The number of aromatic hydroxyl groups is 1. The van der Waals surface area contributed by atoms with Crippen LogP contribution < -0.4 is 15.8 Å². The molecule has 2 aromatic carbocycles. The van der Waals surface area contributed by atoms with E-state index < -0.39 is 5.91 Å². The van der Waals surface area contributed by atoms with Crippen LogP contribution in [0.5, 0.6) is 11.5 Å². The summed E-state index contributed by atoms with van der Waals surface area (Å²) < 4.78 is 4.96. The minimum Gasteiger partial charge on any atom is -0.504 e. The second-order valence-corrected chi connectivity index (χ2v) is 4.93. The van der Waals surface area contributed by atoms with Gasteiger partial charge in [0.15, 0.2) is 11.5 Å². The van der Waals surface area contributed by atoms with Gasteiger partial charge in [-0.15, -0.1) is 0 Å². The normalized spacial score (nSPS) is 9.36. The number of nitrogens with two attached hydrogens (primary N) is 1. The Morgan fingerprint density at radius 1 is 1.32 bits per heavy atom. The Bertz CT molecular complexity index is 795. The van der Waals surface area contributed by atoms with Gasteiger partial charge in [-0.3, -0.25) is 15.0 Å². The van der Waals surface area contributed by atoms with Gasteiger partial charge in [0.2, 0.25) is 0 Å². The number of hydrogen-bond acceptors (Lipinski definition) is 5. The average molecular weight is 366 g/mol. The molecule has 6 N–H and O–H groups in total. The molecule has 0 atom stereocenters. The van der Waals surface area contributed by atoms with Crippen LogP contribution in [0.3, 0.4) is 0 Å². The lowest BCUT2D eigenvalue weighted by atomic mass is 10.1. The second-order valence-electron chi connectivity index (χ2n) is 4.52. The number of para-hydroxylation sites is 1. The predicted molar refractivity (Wildman–Crippen MR) is 93.8 cm³/mol. The number of methoxy groups -OCH3 is 1. The highest BCUT2D eigenvalue weighted by Gasteiger charge is 2.15. The van der Waals surface area contributed by atoms with Crippen molar-refractivity contribution in [1.82, 2.24) is 0 Å². The number of benzene rings is 2. The standard InChI is InChI=1S/C15H14ClN3O3.CH2O2/c1-22-12-4-2-3-10(13(12)20)15(21)19-8-5-6-9(14(17)18)11(16)7-8;2-1-3/h2-7,20H,1H3,(H3,17,18)(H,19,21);1H,(H,2,3). The van der Waals surface area contributed by atoms with Crippen molar-refractivity contribution in [2.75, 3.05) is 12.4 Å². The Kier molecular flexibility index (Phi) is 7.23. The molecule has 0 bridgehead atoms. The van der Waals surface area contributed by atoms with Gasteiger partial charge in [0.25, 0.3) is 12.4 Å². The van der Waals surface area contributed by atoms with E-state index in [2.05, 4.69) is 5.32 Å². The number of rotatable bonds is 4. The fraction of sp³-hybridized carbons (Fsp3) is 0.0625.